The number of carbonyl (C=O) groups excluding carboxylic acids is 4. The van der Waals surface area contributed by atoms with Crippen molar-refractivity contribution in [3.05, 3.63) is 122 Å². The van der Waals surface area contributed by atoms with Crippen molar-refractivity contribution in [2.24, 2.45) is 0 Å². The maximum atomic E-state index is 13.1. The Hall–Kier alpha value is -4.54. The zero-order valence-electron chi connectivity index (χ0n) is 62.6. The van der Waals surface area contributed by atoms with Crippen LogP contribution in [0, 0.1) is 0 Å². The number of phosphoric acid groups is 2. The zero-order chi connectivity index (χ0) is 73.2. The predicted molar refractivity (Wildman–Crippen MR) is 408 cm³/mol. The third-order valence-corrected chi connectivity index (χ3v) is 17.9. The van der Waals surface area contributed by atoms with Crippen molar-refractivity contribution in [2.45, 2.75) is 329 Å². The van der Waals surface area contributed by atoms with Gasteiger partial charge in [0.2, 0.25) is 0 Å². The molecule has 0 aliphatic heterocycles. The minimum absolute atomic E-state index is 0.0363. The number of hydrogen-bond donors (Lipinski definition) is 3. The number of unbranched alkanes of at least 4 members (excludes halogenated alkanes) is 26. The molecule has 17 nitrogen and oxygen atoms in total. The molecule has 5 atom stereocenters. The lowest BCUT2D eigenvalue weighted by Gasteiger charge is -2.21. The van der Waals surface area contributed by atoms with Crippen molar-refractivity contribution in [2.75, 3.05) is 39.6 Å². The summed E-state index contributed by atoms with van der Waals surface area (Å²) in [6.07, 6.45) is 79.2. The van der Waals surface area contributed by atoms with Crippen LogP contribution in [0.25, 0.3) is 0 Å². The van der Waals surface area contributed by atoms with E-state index < -0.39 is 97.5 Å². The lowest BCUT2D eigenvalue weighted by atomic mass is 10.0. The number of allylic oxidation sites excluding steroid dienone is 20. The van der Waals surface area contributed by atoms with E-state index in [1.807, 2.05) is 18.2 Å². The summed E-state index contributed by atoms with van der Waals surface area (Å²) in [4.78, 5) is 72.8. The average Bonchev–Trinajstić information content (AvgIpc) is 0.940. The second kappa shape index (κ2) is 72.8. The first-order valence-electron chi connectivity index (χ1n) is 38.8. The Labute approximate surface area is 606 Å². The minimum atomic E-state index is -4.99. The number of esters is 4. The number of aliphatic hydroxyl groups is 1. The van der Waals surface area contributed by atoms with Gasteiger partial charge in [-0.1, -0.05) is 303 Å². The van der Waals surface area contributed by atoms with Gasteiger partial charge < -0.3 is 33.8 Å². The van der Waals surface area contributed by atoms with Crippen molar-refractivity contribution in [1.82, 2.24) is 0 Å². The van der Waals surface area contributed by atoms with Crippen LogP contribution in [-0.2, 0) is 65.4 Å². The van der Waals surface area contributed by atoms with Crippen LogP contribution in [0.2, 0.25) is 0 Å². The van der Waals surface area contributed by atoms with Gasteiger partial charge in [0.1, 0.15) is 19.3 Å². The highest BCUT2D eigenvalue weighted by Crippen LogP contribution is 2.45. The maximum Gasteiger partial charge on any atom is 0.472 e. The average molecular weight is 1450 g/mol. The molecule has 574 valence electrons. The molecule has 0 rings (SSSR count). The van der Waals surface area contributed by atoms with Crippen molar-refractivity contribution in [3.8, 4) is 0 Å². The van der Waals surface area contributed by atoms with Crippen molar-refractivity contribution < 1.29 is 80.2 Å². The van der Waals surface area contributed by atoms with Gasteiger partial charge in [0.05, 0.1) is 26.4 Å². The Bertz CT molecular complexity index is 2370. The molecule has 0 saturated carbocycles. The molecule has 0 aliphatic rings. The van der Waals surface area contributed by atoms with Crippen LogP contribution in [0.5, 0.6) is 0 Å². The van der Waals surface area contributed by atoms with E-state index in [-0.39, 0.29) is 25.7 Å². The molecule has 0 aromatic heterocycles. The maximum absolute atomic E-state index is 13.1. The smallest absolute Gasteiger partial charge is 0.462 e. The van der Waals surface area contributed by atoms with Gasteiger partial charge in [-0.2, -0.15) is 0 Å². The number of phosphoric ester groups is 2. The molecule has 0 heterocycles. The van der Waals surface area contributed by atoms with Gasteiger partial charge in [0.25, 0.3) is 0 Å². The molecule has 0 radical (unpaired) electrons. The van der Waals surface area contributed by atoms with Crippen LogP contribution in [0.4, 0.5) is 0 Å². The van der Waals surface area contributed by atoms with E-state index in [0.717, 1.165) is 135 Å². The number of rotatable bonds is 72. The molecule has 19 heteroatoms. The molecule has 0 bridgehead atoms. The third-order valence-electron chi connectivity index (χ3n) is 16.0. The first-order chi connectivity index (χ1) is 48.7. The Morgan fingerprint density at radius 2 is 0.540 bits per heavy atom. The van der Waals surface area contributed by atoms with Gasteiger partial charge in [0.15, 0.2) is 12.2 Å². The van der Waals surface area contributed by atoms with Gasteiger partial charge >= 0.3 is 39.5 Å². The predicted octanol–water partition coefficient (Wildman–Crippen LogP) is 22.3. The number of carbonyl (C=O) groups is 4. The zero-order valence-corrected chi connectivity index (χ0v) is 64.4. The van der Waals surface area contributed by atoms with E-state index in [2.05, 4.69) is 131 Å². The molecule has 0 spiro atoms. The van der Waals surface area contributed by atoms with Crippen LogP contribution < -0.4 is 0 Å². The van der Waals surface area contributed by atoms with Gasteiger partial charge in [0, 0.05) is 25.7 Å². The topological polar surface area (TPSA) is 237 Å². The molecular formula is C81H138O17P2. The highest BCUT2D eigenvalue weighted by molar-refractivity contribution is 7.47. The first-order valence-corrected chi connectivity index (χ1v) is 41.8. The summed E-state index contributed by atoms with van der Waals surface area (Å²) in [6.45, 7) is 4.54. The molecule has 0 saturated heterocycles. The van der Waals surface area contributed by atoms with Gasteiger partial charge in [-0.25, -0.2) is 9.13 Å². The lowest BCUT2D eigenvalue weighted by molar-refractivity contribution is -0.161. The van der Waals surface area contributed by atoms with E-state index in [1.54, 1.807) is 0 Å². The molecule has 5 unspecified atom stereocenters. The quantitative estimate of drug-likeness (QED) is 0.0169. The van der Waals surface area contributed by atoms with Crippen LogP contribution in [0.3, 0.4) is 0 Å². The molecule has 0 aliphatic carbocycles. The van der Waals surface area contributed by atoms with E-state index in [1.165, 1.54) is 89.9 Å². The van der Waals surface area contributed by atoms with Crippen LogP contribution in [0.15, 0.2) is 122 Å². The highest BCUT2D eigenvalue weighted by Gasteiger charge is 2.30. The van der Waals surface area contributed by atoms with Crippen molar-refractivity contribution in [3.63, 3.8) is 0 Å². The summed E-state index contributed by atoms with van der Waals surface area (Å²) in [5.41, 5.74) is 0. The Morgan fingerprint density at radius 1 is 0.290 bits per heavy atom. The van der Waals surface area contributed by atoms with E-state index in [4.69, 9.17) is 37.0 Å². The van der Waals surface area contributed by atoms with Gasteiger partial charge in [-0.15, -0.1) is 0 Å². The summed E-state index contributed by atoms with van der Waals surface area (Å²) in [7, 11) is -9.97. The minimum Gasteiger partial charge on any atom is -0.462 e. The number of aliphatic hydroxyl groups excluding tert-OH is 1. The Balaban J connectivity index is 5.38. The fourth-order valence-electron chi connectivity index (χ4n) is 10.1. The molecule has 0 aromatic rings. The van der Waals surface area contributed by atoms with Crippen LogP contribution in [-0.4, -0.2) is 96.7 Å². The third kappa shape index (κ3) is 71.8. The van der Waals surface area contributed by atoms with Gasteiger partial charge in [-0.05, 0) is 103 Å². The highest BCUT2D eigenvalue weighted by atomic mass is 31.2. The van der Waals surface area contributed by atoms with Gasteiger partial charge in [-0.3, -0.25) is 37.3 Å². The number of hydrogen-bond acceptors (Lipinski definition) is 15. The molecule has 3 N–H and O–H groups in total. The standard InChI is InChI=1S/C81H138O17P2/c1-5-9-13-17-21-25-29-32-34-36-37-39-41-44-47-50-54-58-62-66-79(84)92-72-77(98-81(86)68-64-60-56-52-48-42-31-27-23-19-15-11-7-3)74-96-100(89,90)94-70-75(82)69-93-99(87,88)95-73-76(97-80(85)67-63-59-55-51-45-28-24-20-16-12-8-4)71-91-78(83)65-61-57-53-49-46-43-40-38-35-33-30-26-22-18-14-10-6-2/h9-10,13-14,21-22,25-26,32-35,37,39-40,43-44,47,54,58,75-77,82H,5-8,11-12,15-20,23-24,27-31,36,38,41-42,45-46,48-53,55-57,59-74H2,1-4H3,(H,87,88)(H,89,90)/b13-9-,14-10-,25-21-,26-22-,34-32-,35-33-,39-37-,43-40-,47-44-,58-54-. The SMILES string of the molecule is CC/C=C\C/C=C\C/C=C\C/C=C\C/C=C\C/C=C\CCC(=O)OCC(COP(=O)(O)OCC(O)COP(=O)(O)OCC(COC(=O)CCCCCC/C=C\C/C=C\C/C=C\C/C=C\CC)OC(=O)CCCCCCCCCCCCC)OC(=O)CCCCCCCCCCCCCCC. The van der Waals surface area contributed by atoms with Crippen molar-refractivity contribution in [1.29, 1.82) is 0 Å². The molecule has 0 fully saturated rings. The summed E-state index contributed by atoms with van der Waals surface area (Å²) in [6, 6.07) is 0. The first kappa shape index (κ1) is 95.5. The normalized spacial score (nSPS) is 14.6. The van der Waals surface area contributed by atoms with E-state index in [9.17, 15) is 43.2 Å². The summed E-state index contributed by atoms with van der Waals surface area (Å²) >= 11 is 0. The Morgan fingerprint density at radius 3 is 0.860 bits per heavy atom. The molecule has 0 amide bonds. The van der Waals surface area contributed by atoms with Crippen LogP contribution >= 0.6 is 15.6 Å². The van der Waals surface area contributed by atoms with E-state index in [0.29, 0.717) is 32.1 Å². The number of ether oxygens (including phenoxy) is 4. The molecular weight excluding hydrogens is 1310 g/mol. The Kier molecular flexibility index (Phi) is 69.5. The summed E-state index contributed by atoms with van der Waals surface area (Å²) in [5, 5.41) is 10.6. The largest absolute Gasteiger partial charge is 0.472 e. The fourth-order valence-corrected chi connectivity index (χ4v) is 11.7. The van der Waals surface area contributed by atoms with E-state index >= 15 is 0 Å². The molecule has 100 heavy (non-hydrogen) atoms. The second-order valence-electron chi connectivity index (χ2n) is 25.5. The summed E-state index contributed by atoms with van der Waals surface area (Å²) in [5.74, 6) is -2.29. The fraction of sp³-hybridized carbons (Fsp3) is 0.704. The van der Waals surface area contributed by atoms with Crippen molar-refractivity contribution >= 4 is 39.5 Å². The lowest BCUT2D eigenvalue weighted by Crippen LogP contribution is -2.30. The monoisotopic (exact) mass is 1440 g/mol. The summed E-state index contributed by atoms with van der Waals surface area (Å²) < 4.78 is 68.4. The molecule has 0 aromatic carbocycles. The van der Waals surface area contributed by atoms with Crippen LogP contribution in [0.1, 0.15) is 310 Å². The second-order valence-corrected chi connectivity index (χ2v) is 28.5.